The van der Waals surface area contributed by atoms with Crippen molar-refractivity contribution in [3.63, 3.8) is 0 Å². The van der Waals surface area contributed by atoms with Gasteiger partial charge < -0.3 is 9.73 Å². The first-order valence-corrected chi connectivity index (χ1v) is 8.50. The van der Waals surface area contributed by atoms with Crippen LogP contribution in [0.4, 0.5) is 0 Å². The quantitative estimate of drug-likeness (QED) is 0.758. The van der Waals surface area contributed by atoms with E-state index in [1.54, 1.807) is 25.5 Å². The van der Waals surface area contributed by atoms with E-state index in [9.17, 15) is 4.79 Å². The van der Waals surface area contributed by atoms with Crippen LogP contribution in [0.25, 0.3) is 11.4 Å². The summed E-state index contributed by atoms with van der Waals surface area (Å²) >= 11 is 0. The van der Waals surface area contributed by atoms with E-state index in [-0.39, 0.29) is 17.7 Å². The van der Waals surface area contributed by atoms with Gasteiger partial charge in [0.25, 0.3) is 5.91 Å². The molecule has 3 heterocycles. The number of pyridine rings is 1. The first-order chi connectivity index (χ1) is 12.5. The predicted octanol–water partition coefficient (Wildman–Crippen LogP) is 3.20. The Morgan fingerprint density at radius 2 is 1.92 bits per heavy atom. The van der Waals surface area contributed by atoms with Gasteiger partial charge in [0, 0.05) is 41.8 Å². The lowest BCUT2D eigenvalue weighted by atomic mass is 10.1. The number of hydrogen-bond acceptors (Lipinski definition) is 6. The van der Waals surface area contributed by atoms with Gasteiger partial charge in [-0.2, -0.15) is 0 Å². The minimum absolute atomic E-state index is 0.251. The fourth-order valence-corrected chi connectivity index (χ4v) is 2.70. The summed E-state index contributed by atoms with van der Waals surface area (Å²) in [5.74, 6) is 1.15. The fraction of sp³-hybridized carbons (Fsp3) is 0.316. The van der Waals surface area contributed by atoms with Crippen molar-refractivity contribution in [2.45, 2.75) is 40.2 Å². The van der Waals surface area contributed by atoms with E-state index >= 15 is 0 Å². The molecule has 1 N–H and O–H groups in total. The Hall–Kier alpha value is -3.09. The first kappa shape index (κ1) is 17.7. The summed E-state index contributed by atoms with van der Waals surface area (Å²) in [6, 6.07) is 3.46. The number of oxazole rings is 1. The number of aryl methyl sites for hydroxylation is 3. The number of nitrogens with zero attached hydrogens (tertiary/aromatic N) is 4. The first-order valence-electron chi connectivity index (χ1n) is 8.50. The van der Waals surface area contributed by atoms with Gasteiger partial charge in [-0.25, -0.2) is 15.0 Å². The normalized spacial score (nSPS) is 12.0. The Balaban J connectivity index is 1.78. The molecular weight excluding hydrogens is 330 g/mol. The summed E-state index contributed by atoms with van der Waals surface area (Å²) in [5, 5.41) is 2.93. The molecular formula is C19H21N5O2. The van der Waals surface area contributed by atoms with Crippen LogP contribution >= 0.6 is 0 Å². The van der Waals surface area contributed by atoms with E-state index in [1.165, 1.54) is 0 Å². The van der Waals surface area contributed by atoms with Crippen LogP contribution in [0, 0.1) is 13.8 Å². The van der Waals surface area contributed by atoms with Crippen molar-refractivity contribution in [1.29, 1.82) is 0 Å². The molecule has 0 aromatic carbocycles. The smallest absolute Gasteiger partial charge is 0.289 e. The highest BCUT2D eigenvalue weighted by Gasteiger charge is 2.20. The molecule has 0 bridgehead atoms. The lowest BCUT2D eigenvalue weighted by molar-refractivity contribution is 0.0909. The molecule has 0 aliphatic heterocycles. The maximum atomic E-state index is 12.5. The molecule has 0 aliphatic carbocycles. The van der Waals surface area contributed by atoms with Crippen molar-refractivity contribution in [3.05, 3.63) is 59.3 Å². The maximum absolute atomic E-state index is 12.5. The van der Waals surface area contributed by atoms with Crippen LogP contribution in [-0.4, -0.2) is 25.8 Å². The van der Waals surface area contributed by atoms with Gasteiger partial charge >= 0.3 is 0 Å². The Morgan fingerprint density at radius 1 is 1.19 bits per heavy atom. The van der Waals surface area contributed by atoms with E-state index in [0.29, 0.717) is 23.8 Å². The zero-order valence-corrected chi connectivity index (χ0v) is 15.3. The molecule has 0 saturated carbocycles. The summed E-state index contributed by atoms with van der Waals surface area (Å²) in [7, 11) is 0. The third-order valence-electron chi connectivity index (χ3n) is 4.12. The van der Waals surface area contributed by atoms with Gasteiger partial charge in [0.1, 0.15) is 0 Å². The number of carbonyl (C=O) groups is 1. The average molecular weight is 351 g/mol. The molecule has 0 saturated heterocycles. The van der Waals surface area contributed by atoms with Crippen molar-refractivity contribution in [2.24, 2.45) is 0 Å². The van der Waals surface area contributed by atoms with Gasteiger partial charge in [-0.15, -0.1) is 0 Å². The predicted molar refractivity (Wildman–Crippen MR) is 96.5 cm³/mol. The van der Waals surface area contributed by atoms with Crippen molar-refractivity contribution < 1.29 is 9.21 Å². The SMILES string of the molecule is CCc1nc(C)c(C(=O)N[C@H](C)c2cnc(-c3ccncc3)nc2C)o1. The Kier molecular flexibility index (Phi) is 5.06. The van der Waals surface area contributed by atoms with E-state index in [0.717, 1.165) is 16.8 Å². The molecule has 7 nitrogen and oxygen atoms in total. The summed E-state index contributed by atoms with van der Waals surface area (Å²) in [6.45, 7) is 7.49. The highest BCUT2D eigenvalue weighted by atomic mass is 16.4. The van der Waals surface area contributed by atoms with Crippen LogP contribution in [0.3, 0.4) is 0 Å². The highest BCUT2D eigenvalue weighted by molar-refractivity contribution is 5.92. The molecule has 0 radical (unpaired) electrons. The van der Waals surface area contributed by atoms with Gasteiger partial charge in [-0.05, 0) is 32.9 Å². The lowest BCUT2D eigenvalue weighted by Gasteiger charge is -2.15. The molecule has 0 fully saturated rings. The van der Waals surface area contributed by atoms with E-state index < -0.39 is 0 Å². The van der Waals surface area contributed by atoms with Gasteiger partial charge in [0.2, 0.25) is 5.76 Å². The zero-order chi connectivity index (χ0) is 18.7. The van der Waals surface area contributed by atoms with Crippen LogP contribution in [0.2, 0.25) is 0 Å². The van der Waals surface area contributed by atoms with Crippen molar-refractivity contribution >= 4 is 5.91 Å². The van der Waals surface area contributed by atoms with Crippen LogP contribution in [-0.2, 0) is 6.42 Å². The van der Waals surface area contributed by atoms with Crippen LogP contribution in [0.15, 0.2) is 35.1 Å². The van der Waals surface area contributed by atoms with Crippen LogP contribution in [0.5, 0.6) is 0 Å². The van der Waals surface area contributed by atoms with Crippen LogP contribution in [0.1, 0.15) is 53.3 Å². The maximum Gasteiger partial charge on any atom is 0.289 e. The molecule has 3 rings (SSSR count). The second-order valence-corrected chi connectivity index (χ2v) is 6.04. The molecule has 0 unspecified atom stereocenters. The number of rotatable bonds is 5. The summed E-state index contributed by atoms with van der Waals surface area (Å²) < 4.78 is 5.51. The second-order valence-electron chi connectivity index (χ2n) is 6.04. The van der Waals surface area contributed by atoms with E-state index in [1.807, 2.05) is 32.9 Å². The number of aromatic nitrogens is 4. The minimum atomic E-state index is -0.292. The van der Waals surface area contributed by atoms with E-state index in [2.05, 4.69) is 25.3 Å². The molecule has 0 aliphatic rings. The number of carbonyl (C=O) groups excluding carboxylic acids is 1. The molecule has 1 atom stereocenters. The molecule has 26 heavy (non-hydrogen) atoms. The molecule has 134 valence electrons. The highest BCUT2D eigenvalue weighted by Crippen LogP contribution is 2.20. The fourth-order valence-electron chi connectivity index (χ4n) is 2.70. The second kappa shape index (κ2) is 7.43. The number of nitrogens with one attached hydrogen (secondary N) is 1. The van der Waals surface area contributed by atoms with Crippen molar-refractivity contribution in [2.75, 3.05) is 0 Å². The number of amides is 1. The third-order valence-corrected chi connectivity index (χ3v) is 4.12. The minimum Gasteiger partial charge on any atom is -0.435 e. The van der Waals surface area contributed by atoms with Crippen molar-refractivity contribution in [1.82, 2.24) is 25.3 Å². The summed E-state index contributed by atoms with van der Waals surface area (Å²) in [5.41, 5.74) is 3.15. The molecule has 3 aromatic rings. The molecule has 3 aromatic heterocycles. The Morgan fingerprint density at radius 3 is 2.54 bits per heavy atom. The topological polar surface area (TPSA) is 93.8 Å². The Labute approximate surface area is 151 Å². The van der Waals surface area contributed by atoms with Gasteiger partial charge in [0.15, 0.2) is 11.7 Å². The zero-order valence-electron chi connectivity index (χ0n) is 15.3. The number of hydrogen-bond donors (Lipinski definition) is 1. The molecule has 0 spiro atoms. The molecule has 1 amide bonds. The van der Waals surface area contributed by atoms with E-state index in [4.69, 9.17) is 4.42 Å². The largest absolute Gasteiger partial charge is 0.435 e. The summed E-state index contributed by atoms with van der Waals surface area (Å²) in [4.78, 5) is 29.7. The monoisotopic (exact) mass is 351 g/mol. The molecule has 7 heteroatoms. The van der Waals surface area contributed by atoms with Crippen molar-refractivity contribution in [3.8, 4) is 11.4 Å². The standard InChI is InChI=1S/C19H21N5O2/c1-5-16-22-13(4)17(26-16)19(25)24-12(3)15-10-21-18(23-11(15)2)14-6-8-20-9-7-14/h6-10,12H,5H2,1-4H3,(H,24,25)/t12-/m1/s1. The average Bonchev–Trinajstić information content (AvgIpc) is 3.03. The third kappa shape index (κ3) is 3.61. The van der Waals surface area contributed by atoms with Gasteiger partial charge in [-0.3, -0.25) is 9.78 Å². The Bertz CT molecular complexity index is 921. The van der Waals surface area contributed by atoms with Gasteiger partial charge in [0.05, 0.1) is 11.7 Å². The lowest BCUT2D eigenvalue weighted by Crippen LogP contribution is -2.27. The van der Waals surface area contributed by atoms with Gasteiger partial charge in [-0.1, -0.05) is 6.92 Å². The van der Waals surface area contributed by atoms with Crippen LogP contribution < -0.4 is 5.32 Å². The summed E-state index contributed by atoms with van der Waals surface area (Å²) in [6.07, 6.45) is 5.80.